The van der Waals surface area contributed by atoms with Crippen LogP contribution in [-0.4, -0.2) is 11.0 Å². The standard InChI is InChI=1S/C14H13Cl2N3O/c1-9(12-4-2-3-7-17-12)18-14(20)19-13-6-5-10(15)8-11(13)16/h2-9H,1H3,(H2,18,19,20). The SMILES string of the molecule is CC(NC(=O)Nc1ccc(Cl)cc1Cl)c1ccccn1. The Morgan fingerprint density at radius 3 is 2.70 bits per heavy atom. The van der Waals surface area contributed by atoms with Crippen molar-refractivity contribution >= 4 is 34.9 Å². The molecule has 0 aliphatic heterocycles. The highest BCUT2D eigenvalue weighted by atomic mass is 35.5. The fraction of sp³-hybridized carbons (Fsp3) is 0.143. The van der Waals surface area contributed by atoms with Gasteiger partial charge in [0.1, 0.15) is 0 Å². The summed E-state index contributed by atoms with van der Waals surface area (Å²) in [6.45, 7) is 1.85. The van der Waals surface area contributed by atoms with Crippen molar-refractivity contribution in [3.05, 3.63) is 58.3 Å². The molecular formula is C14H13Cl2N3O. The number of nitrogens with zero attached hydrogens (tertiary/aromatic N) is 1. The summed E-state index contributed by atoms with van der Waals surface area (Å²) in [5.74, 6) is 0. The maximum Gasteiger partial charge on any atom is 0.319 e. The van der Waals surface area contributed by atoms with Gasteiger partial charge in [0, 0.05) is 11.2 Å². The highest BCUT2D eigenvalue weighted by Gasteiger charge is 2.11. The van der Waals surface area contributed by atoms with Crippen LogP contribution < -0.4 is 10.6 Å². The van der Waals surface area contributed by atoms with Gasteiger partial charge in [0.05, 0.1) is 22.4 Å². The summed E-state index contributed by atoms with van der Waals surface area (Å²) in [6, 6.07) is 9.86. The van der Waals surface area contributed by atoms with E-state index in [0.717, 1.165) is 5.69 Å². The van der Waals surface area contributed by atoms with E-state index in [0.29, 0.717) is 15.7 Å². The van der Waals surface area contributed by atoms with E-state index in [-0.39, 0.29) is 12.1 Å². The zero-order chi connectivity index (χ0) is 14.5. The smallest absolute Gasteiger partial charge is 0.319 e. The molecule has 0 bridgehead atoms. The third-order valence-electron chi connectivity index (χ3n) is 2.66. The van der Waals surface area contributed by atoms with Gasteiger partial charge in [-0.15, -0.1) is 0 Å². The van der Waals surface area contributed by atoms with Gasteiger partial charge in [0.25, 0.3) is 0 Å². The van der Waals surface area contributed by atoms with E-state index in [4.69, 9.17) is 23.2 Å². The second-order valence-electron chi connectivity index (χ2n) is 4.20. The lowest BCUT2D eigenvalue weighted by molar-refractivity contribution is 0.249. The fourth-order valence-electron chi connectivity index (χ4n) is 1.65. The average Bonchev–Trinajstić information content (AvgIpc) is 2.43. The minimum atomic E-state index is -0.354. The zero-order valence-electron chi connectivity index (χ0n) is 10.7. The molecule has 2 aromatic rings. The molecule has 0 spiro atoms. The third-order valence-corrected chi connectivity index (χ3v) is 3.21. The second kappa shape index (κ2) is 6.59. The Balaban J connectivity index is 1.99. The van der Waals surface area contributed by atoms with Crippen LogP contribution in [0.1, 0.15) is 18.7 Å². The summed E-state index contributed by atoms with van der Waals surface area (Å²) >= 11 is 11.8. The molecule has 0 saturated heterocycles. The molecule has 20 heavy (non-hydrogen) atoms. The van der Waals surface area contributed by atoms with Crippen LogP contribution in [-0.2, 0) is 0 Å². The lowest BCUT2D eigenvalue weighted by Gasteiger charge is -2.14. The highest BCUT2D eigenvalue weighted by Crippen LogP contribution is 2.25. The number of carbonyl (C=O) groups excluding carboxylic acids is 1. The molecule has 1 unspecified atom stereocenters. The number of aromatic nitrogens is 1. The summed E-state index contributed by atoms with van der Waals surface area (Å²) in [6.07, 6.45) is 1.68. The Hall–Kier alpha value is -1.78. The lowest BCUT2D eigenvalue weighted by atomic mass is 10.2. The monoisotopic (exact) mass is 309 g/mol. The van der Waals surface area contributed by atoms with Crippen molar-refractivity contribution in [1.29, 1.82) is 0 Å². The van der Waals surface area contributed by atoms with Gasteiger partial charge < -0.3 is 10.6 Å². The number of halogens is 2. The van der Waals surface area contributed by atoms with Gasteiger partial charge in [0.15, 0.2) is 0 Å². The number of nitrogens with one attached hydrogen (secondary N) is 2. The first-order chi connectivity index (χ1) is 9.56. The number of pyridine rings is 1. The van der Waals surface area contributed by atoms with Gasteiger partial charge in [-0.2, -0.15) is 0 Å². The first kappa shape index (κ1) is 14.6. The Kier molecular flexibility index (Phi) is 4.82. The minimum Gasteiger partial charge on any atom is -0.330 e. The van der Waals surface area contributed by atoms with Crippen molar-refractivity contribution in [1.82, 2.24) is 10.3 Å². The Bertz CT molecular complexity index is 605. The number of hydrogen-bond donors (Lipinski definition) is 2. The van der Waals surface area contributed by atoms with Crippen LogP contribution in [0.5, 0.6) is 0 Å². The number of amides is 2. The summed E-state index contributed by atoms with van der Waals surface area (Å²) < 4.78 is 0. The van der Waals surface area contributed by atoms with Gasteiger partial charge in [-0.1, -0.05) is 29.3 Å². The predicted octanol–water partition coefficient (Wildman–Crippen LogP) is 4.27. The van der Waals surface area contributed by atoms with Crippen LogP contribution in [0.4, 0.5) is 10.5 Å². The molecule has 1 atom stereocenters. The molecule has 104 valence electrons. The van der Waals surface area contributed by atoms with Crippen molar-refractivity contribution in [2.24, 2.45) is 0 Å². The Morgan fingerprint density at radius 1 is 1.25 bits per heavy atom. The maximum atomic E-state index is 11.9. The van der Waals surface area contributed by atoms with Gasteiger partial charge in [-0.05, 0) is 37.3 Å². The maximum absolute atomic E-state index is 11.9. The normalized spacial score (nSPS) is 11.8. The third kappa shape index (κ3) is 3.85. The van der Waals surface area contributed by atoms with Crippen molar-refractivity contribution in [2.45, 2.75) is 13.0 Å². The van der Waals surface area contributed by atoms with E-state index in [1.165, 1.54) is 0 Å². The van der Waals surface area contributed by atoms with E-state index in [9.17, 15) is 4.79 Å². The molecule has 2 N–H and O–H groups in total. The predicted molar refractivity (Wildman–Crippen MR) is 81.3 cm³/mol. The molecule has 1 heterocycles. The summed E-state index contributed by atoms with van der Waals surface area (Å²) in [5, 5.41) is 6.36. The van der Waals surface area contributed by atoms with E-state index < -0.39 is 0 Å². The average molecular weight is 310 g/mol. The Labute approximate surface area is 127 Å². The number of rotatable bonds is 3. The highest BCUT2D eigenvalue weighted by molar-refractivity contribution is 6.36. The van der Waals surface area contributed by atoms with Gasteiger partial charge in [0.2, 0.25) is 0 Å². The molecule has 2 rings (SSSR count). The molecule has 0 radical (unpaired) electrons. The molecule has 6 heteroatoms. The number of benzene rings is 1. The lowest BCUT2D eigenvalue weighted by Crippen LogP contribution is -2.31. The fourth-order valence-corrected chi connectivity index (χ4v) is 2.11. The molecule has 1 aromatic heterocycles. The van der Waals surface area contributed by atoms with E-state index in [1.54, 1.807) is 24.4 Å². The molecule has 2 amide bonds. The van der Waals surface area contributed by atoms with E-state index in [1.807, 2.05) is 25.1 Å². The van der Waals surface area contributed by atoms with Gasteiger partial charge in [-0.25, -0.2) is 4.79 Å². The summed E-state index contributed by atoms with van der Waals surface area (Å²) in [5.41, 5.74) is 1.28. The van der Waals surface area contributed by atoms with Gasteiger partial charge in [-0.3, -0.25) is 4.98 Å². The van der Waals surface area contributed by atoms with Crippen molar-refractivity contribution < 1.29 is 4.79 Å². The summed E-state index contributed by atoms with van der Waals surface area (Å²) in [4.78, 5) is 16.1. The van der Waals surface area contributed by atoms with Crippen molar-refractivity contribution in [3.8, 4) is 0 Å². The first-order valence-electron chi connectivity index (χ1n) is 6.00. The molecule has 1 aromatic carbocycles. The van der Waals surface area contributed by atoms with Crippen LogP contribution in [0.15, 0.2) is 42.6 Å². The van der Waals surface area contributed by atoms with Crippen molar-refractivity contribution in [3.63, 3.8) is 0 Å². The molecular weight excluding hydrogens is 297 g/mol. The topological polar surface area (TPSA) is 54.0 Å². The van der Waals surface area contributed by atoms with Crippen molar-refractivity contribution in [2.75, 3.05) is 5.32 Å². The van der Waals surface area contributed by atoms with E-state index >= 15 is 0 Å². The van der Waals surface area contributed by atoms with Gasteiger partial charge >= 0.3 is 6.03 Å². The van der Waals surface area contributed by atoms with Crippen LogP contribution in [0.25, 0.3) is 0 Å². The quantitative estimate of drug-likeness (QED) is 0.889. The minimum absolute atomic E-state index is 0.206. The zero-order valence-corrected chi connectivity index (χ0v) is 12.2. The Morgan fingerprint density at radius 2 is 2.05 bits per heavy atom. The molecule has 0 fully saturated rings. The number of urea groups is 1. The van der Waals surface area contributed by atoms with Crippen LogP contribution >= 0.6 is 23.2 Å². The number of anilines is 1. The van der Waals surface area contributed by atoms with Crippen LogP contribution in [0.3, 0.4) is 0 Å². The number of carbonyl (C=O) groups is 1. The molecule has 0 saturated carbocycles. The number of hydrogen-bond acceptors (Lipinski definition) is 2. The van der Waals surface area contributed by atoms with Crippen LogP contribution in [0, 0.1) is 0 Å². The van der Waals surface area contributed by atoms with Crippen LogP contribution in [0.2, 0.25) is 10.0 Å². The first-order valence-corrected chi connectivity index (χ1v) is 6.75. The molecule has 4 nitrogen and oxygen atoms in total. The molecule has 0 aliphatic carbocycles. The summed E-state index contributed by atoms with van der Waals surface area (Å²) in [7, 11) is 0. The molecule has 0 aliphatic rings. The largest absolute Gasteiger partial charge is 0.330 e. The second-order valence-corrected chi connectivity index (χ2v) is 5.04. The van der Waals surface area contributed by atoms with E-state index in [2.05, 4.69) is 15.6 Å².